The number of hydrogen-bond acceptors (Lipinski definition) is 4. The van der Waals surface area contributed by atoms with Crippen LogP contribution >= 0.6 is 0 Å². The Hall–Kier alpha value is -1.40. The van der Waals surface area contributed by atoms with Crippen molar-refractivity contribution in [1.29, 1.82) is 0 Å². The third kappa shape index (κ3) is 3.82. The zero-order valence-electron chi connectivity index (χ0n) is 11.5. The number of nitrogens with zero attached hydrogens (tertiary/aromatic N) is 2. The first-order chi connectivity index (χ1) is 8.21. The van der Waals surface area contributed by atoms with E-state index in [-0.39, 0.29) is 5.91 Å². The summed E-state index contributed by atoms with van der Waals surface area (Å²) in [6.07, 6.45) is 3.19. The Kier molecular flexibility index (Phi) is 4.48. The summed E-state index contributed by atoms with van der Waals surface area (Å²) in [7, 11) is 0.286. The maximum absolute atomic E-state index is 11.9. The van der Waals surface area contributed by atoms with E-state index in [9.17, 15) is 9.82 Å². The molecule has 0 fully saturated rings. The summed E-state index contributed by atoms with van der Waals surface area (Å²) >= 11 is 0. The highest BCUT2D eigenvalue weighted by Gasteiger charge is 2.29. The van der Waals surface area contributed by atoms with Crippen LogP contribution in [0.4, 0.5) is 0 Å². The van der Waals surface area contributed by atoms with Gasteiger partial charge in [-0.05, 0) is 12.5 Å². The predicted molar refractivity (Wildman–Crippen MR) is 69.9 cm³/mol. The van der Waals surface area contributed by atoms with Crippen LogP contribution < -0.4 is 5.46 Å². The number of aryl methyl sites for hydroxylation is 1. The molecule has 6 heteroatoms. The van der Waals surface area contributed by atoms with E-state index >= 15 is 0 Å². The van der Waals surface area contributed by atoms with Gasteiger partial charge < -0.3 is 5.02 Å². The van der Waals surface area contributed by atoms with E-state index in [1.807, 2.05) is 6.92 Å². The van der Waals surface area contributed by atoms with Crippen molar-refractivity contribution in [2.45, 2.75) is 27.7 Å². The van der Waals surface area contributed by atoms with Crippen LogP contribution in [-0.2, 0) is 9.55 Å². The predicted octanol–water partition coefficient (Wildman–Crippen LogP) is 0.514. The van der Waals surface area contributed by atoms with Gasteiger partial charge in [-0.2, -0.15) is 0 Å². The molecule has 0 aliphatic rings. The van der Waals surface area contributed by atoms with Crippen LogP contribution in [0, 0.1) is 12.3 Å². The van der Waals surface area contributed by atoms with Crippen molar-refractivity contribution in [3.63, 3.8) is 0 Å². The van der Waals surface area contributed by atoms with Gasteiger partial charge in [-0.15, -0.1) is 0 Å². The van der Waals surface area contributed by atoms with Gasteiger partial charge in [0.15, 0.2) is 0 Å². The molecule has 1 aromatic rings. The minimum absolute atomic E-state index is 0.206. The Morgan fingerprint density at radius 2 is 2.06 bits per heavy atom. The van der Waals surface area contributed by atoms with E-state index in [4.69, 9.17) is 4.76 Å². The first kappa shape index (κ1) is 14.7. The molecule has 0 spiro atoms. The van der Waals surface area contributed by atoms with Crippen molar-refractivity contribution in [3.8, 4) is 0 Å². The number of amides is 1. The van der Waals surface area contributed by atoms with Crippen LogP contribution in [0.3, 0.4) is 0 Å². The molecule has 0 aromatic carbocycles. The molecule has 1 heterocycles. The van der Waals surface area contributed by atoms with Crippen LogP contribution in [0.2, 0.25) is 0 Å². The lowest BCUT2D eigenvalue weighted by atomic mass is 9.80. The van der Waals surface area contributed by atoms with Crippen molar-refractivity contribution >= 4 is 18.5 Å². The van der Waals surface area contributed by atoms with Gasteiger partial charge in [0.1, 0.15) is 0 Å². The standard InChI is InChI=1S/C12H19BN2O3/c1-9-6-10(8-14-7-9)13(17)18-15(5)11(16)12(2,3)4/h6-8,17H,1-5H3. The van der Waals surface area contributed by atoms with Crippen LogP contribution in [0.1, 0.15) is 26.3 Å². The van der Waals surface area contributed by atoms with Crippen molar-refractivity contribution in [2.24, 2.45) is 5.41 Å². The van der Waals surface area contributed by atoms with E-state index in [0.717, 1.165) is 10.6 Å². The molecular weight excluding hydrogens is 231 g/mol. The van der Waals surface area contributed by atoms with Gasteiger partial charge in [0.05, 0.1) is 0 Å². The number of carbonyl (C=O) groups is 1. The van der Waals surface area contributed by atoms with Gasteiger partial charge in [-0.3, -0.25) is 14.5 Å². The van der Waals surface area contributed by atoms with Gasteiger partial charge in [0.2, 0.25) is 5.91 Å². The molecule has 0 atom stereocenters. The van der Waals surface area contributed by atoms with Crippen LogP contribution in [0.5, 0.6) is 0 Å². The highest BCUT2D eigenvalue weighted by atomic mass is 16.7. The first-order valence-electron chi connectivity index (χ1n) is 5.76. The molecule has 5 nitrogen and oxygen atoms in total. The zero-order chi connectivity index (χ0) is 13.9. The molecule has 0 bridgehead atoms. The Bertz CT molecular complexity index is 432. The molecule has 1 amide bonds. The Morgan fingerprint density at radius 3 is 2.56 bits per heavy atom. The number of pyridine rings is 1. The minimum Gasteiger partial charge on any atom is -0.422 e. The van der Waals surface area contributed by atoms with Crippen LogP contribution in [0.15, 0.2) is 18.5 Å². The van der Waals surface area contributed by atoms with E-state index < -0.39 is 12.5 Å². The summed E-state index contributed by atoms with van der Waals surface area (Å²) < 4.78 is 5.18. The second-order valence-corrected chi connectivity index (χ2v) is 5.31. The monoisotopic (exact) mass is 250 g/mol. The topological polar surface area (TPSA) is 62.7 Å². The van der Waals surface area contributed by atoms with Gasteiger partial charge >= 0.3 is 7.12 Å². The van der Waals surface area contributed by atoms with Crippen LogP contribution in [0.25, 0.3) is 0 Å². The molecule has 18 heavy (non-hydrogen) atoms. The summed E-state index contributed by atoms with van der Waals surface area (Å²) in [5.41, 5.74) is 0.878. The Morgan fingerprint density at radius 1 is 1.44 bits per heavy atom. The lowest BCUT2D eigenvalue weighted by Gasteiger charge is -2.26. The van der Waals surface area contributed by atoms with Crippen LogP contribution in [-0.4, -0.2) is 35.1 Å². The summed E-state index contributed by atoms with van der Waals surface area (Å²) in [5, 5.41) is 10.9. The average molecular weight is 250 g/mol. The average Bonchev–Trinajstić information content (AvgIpc) is 2.26. The highest BCUT2D eigenvalue weighted by Crippen LogP contribution is 2.16. The lowest BCUT2D eigenvalue weighted by molar-refractivity contribution is -0.164. The fourth-order valence-electron chi connectivity index (χ4n) is 1.44. The Labute approximate surface area is 108 Å². The highest BCUT2D eigenvalue weighted by molar-refractivity contribution is 6.59. The lowest BCUT2D eigenvalue weighted by Crippen LogP contribution is -2.45. The van der Waals surface area contributed by atoms with Crippen molar-refractivity contribution in [2.75, 3.05) is 7.05 Å². The SMILES string of the molecule is Cc1cncc(B(O)ON(C)C(=O)C(C)(C)C)c1. The molecule has 0 radical (unpaired) electrons. The number of hydroxylamine groups is 2. The number of aromatic nitrogens is 1. The van der Waals surface area contributed by atoms with Crippen molar-refractivity contribution in [3.05, 3.63) is 24.0 Å². The van der Waals surface area contributed by atoms with Gasteiger partial charge in [-0.25, -0.2) is 5.06 Å². The van der Waals surface area contributed by atoms with E-state index in [1.165, 1.54) is 13.2 Å². The molecule has 0 saturated carbocycles. The molecule has 0 unspecified atom stereocenters. The molecule has 0 aliphatic heterocycles. The number of hydrogen-bond donors (Lipinski definition) is 1. The molecule has 1 rings (SSSR count). The molecule has 1 aromatic heterocycles. The minimum atomic E-state index is -1.20. The fourth-order valence-corrected chi connectivity index (χ4v) is 1.44. The third-order valence-electron chi connectivity index (χ3n) is 2.37. The molecule has 1 N–H and O–H groups in total. The maximum Gasteiger partial charge on any atom is 0.516 e. The molecule has 0 aliphatic carbocycles. The molecular formula is C12H19BN2O3. The summed E-state index contributed by atoms with van der Waals surface area (Å²) in [6.45, 7) is 7.23. The summed E-state index contributed by atoms with van der Waals surface area (Å²) in [6, 6.07) is 1.76. The maximum atomic E-state index is 11.9. The van der Waals surface area contributed by atoms with Gasteiger partial charge in [0, 0.05) is 30.3 Å². The van der Waals surface area contributed by atoms with E-state index in [0.29, 0.717) is 5.46 Å². The number of carbonyl (C=O) groups excluding carboxylic acids is 1. The summed E-state index contributed by atoms with van der Waals surface area (Å²) in [4.78, 5) is 15.8. The second-order valence-electron chi connectivity index (χ2n) is 5.31. The number of rotatable bonds is 3. The van der Waals surface area contributed by atoms with Crippen molar-refractivity contribution < 1.29 is 14.6 Å². The third-order valence-corrected chi connectivity index (χ3v) is 2.37. The largest absolute Gasteiger partial charge is 0.516 e. The van der Waals surface area contributed by atoms with Crippen molar-refractivity contribution in [1.82, 2.24) is 10.0 Å². The first-order valence-corrected chi connectivity index (χ1v) is 5.76. The van der Waals surface area contributed by atoms with E-state index in [1.54, 1.807) is 33.0 Å². The smallest absolute Gasteiger partial charge is 0.422 e. The normalized spacial score (nSPS) is 11.2. The zero-order valence-corrected chi connectivity index (χ0v) is 11.5. The van der Waals surface area contributed by atoms with E-state index in [2.05, 4.69) is 4.98 Å². The second kappa shape index (κ2) is 5.50. The van der Waals surface area contributed by atoms with Gasteiger partial charge in [-0.1, -0.05) is 26.8 Å². The molecule has 0 saturated heterocycles. The Balaban J connectivity index is 2.71. The molecule has 98 valence electrons. The fraction of sp³-hybridized carbons (Fsp3) is 0.500. The van der Waals surface area contributed by atoms with Gasteiger partial charge in [0.25, 0.3) is 0 Å². The quantitative estimate of drug-likeness (QED) is 0.627. The summed E-state index contributed by atoms with van der Waals surface area (Å²) in [5.74, 6) is -0.206.